The molecule has 4 heteroatoms. The first-order chi connectivity index (χ1) is 9.47. The van der Waals surface area contributed by atoms with Crippen LogP contribution in [0.3, 0.4) is 0 Å². The molecular formula is C16H14BrClO2. The lowest BCUT2D eigenvalue weighted by molar-refractivity contribution is -0.138. The lowest BCUT2D eigenvalue weighted by atomic mass is 9.91. The van der Waals surface area contributed by atoms with Gasteiger partial charge in [-0.25, -0.2) is 0 Å². The molecule has 1 N–H and O–H groups in total. The van der Waals surface area contributed by atoms with E-state index in [1.807, 2.05) is 43.3 Å². The van der Waals surface area contributed by atoms with Crippen molar-refractivity contribution in [3.8, 4) is 0 Å². The molecule has 2 aromatic rings. The van der Waals surface area contributed by atoms with Gasteiger partial charge in [-0.2, -0.15) is 0 Å². The van der Waals surface area contributed by atoms with E-state index in [1.54, 1.807) is 6.07 Å². The van der Waals surface area contributed by atoms with Crippen LogP contribution in [0.15, 0.2) is 46.9 Å². The Morgan fingerprint density at radius 3 is 2.65 bits per heavy atom. The summed E-state index contributed by atoms with van der Waals surface area (Å²) >= 11 is 9.52. The van der Waals surface area contributed by atoms with Gasteiger partial charge in [0.2, 0.25) is 0 Å². The van der Waals surface area contributed by atoms with Crippen molar-refractivity contribution in [2.75, 3.05) is 0 Å². The Kier molecular flexibility index (Phi) is 4.84. The van der Waals surface area contributed by atoms with Gasteiger partial charge in [-0.05, 0) is 36.6 Å². The van der Waals surface area contributed by atoms with Crippen LogP contribution in [0.2, 0.25) is 5.02 Å². The summed E-state index contributed by atoms with van der Waals surface area (Å²) in [7, 11) is 0. The van der Waals surface area contributed by atoms with E-state index in [9.17, 15) is 9.90 Å². The van der Waals surface area contributed by atoms with E-state index in [-0.39, 0.29) is 0 Å². The molecule has 0 saturated heterocycles. The van der Waals surface area contributed by atoms with Crippen molar-refractivity contribution >= 4 is 33.5 Å². The number of carboxylic acid groups (broad SMARTS) is 1. The summed E-state index contributed by atoms with van der Waals surface area (Å²) in [6.45, 7) is 1.95. The van der Waals surface area contributed by atoms with Gasteiger partial charge in [-0.15, -0.1) is 0 Å². The van der Waals surface area contributed by atoms with Gasteiger partial charge in [0.05, 0.1) is 5.92 Å². The average Bonchev–Trinajstić information content (AvgIpc) is 2.37. The van der Waals surface area contributed by atoms with Gasteiger partial charge in [0.15, 0.2) is 0 Å². The van der Waals surface area contributed by atoms with Gasteiger partial charge >= 0.3 is 5.97 Å². The number of carboxylic acids is 1. The molecule has 1 unspecified atom stereocenters. The number of rotatable bonds is 4. The van der Waals surface area contributed by atoms with Gasteiger partial charge in [0.25, 0.3) is 0 Å². The number of aliphatic carboxylic acids is 1. The van der Waals surface area contributed by atoms with E-state index < -0.39 is 11.9 Å². The molecule has 0 aliphatic carbocycles. The number of aryl methyl sites for hydroxylation is 1. The van der Waals surface area contributed by atoms with Crippen LogP contribution in [0, 0.1) is 6.92 Å². The monoisotopic (exact) mass is 352 g/mol. The zero-order chi connectivity index (χ0) is 14.7. The third-order valence-electron chi connectivity index (χ3n) is 3.18. The second-order valence-corrected chi connectivity index (χ2v) is 6.07. The Labute approximate surface area is 131 Å². The SMILES string of the molecule is Cc1cccc(C(Cc2ccc(Br)cc2Cl)C(=O)O)c1. The third kappa shape index (κ3) is 3.62. The summed E-state index contributed by atoms with van der Waals surface area (Å²) in [4.78, 5) is 11.5. The molecule has 1 atom stereocenters. The number of hydrogen-bond donors (Lipinski definition) is 1. The van der Waals surface area contributed by atoms with Crippen molar-refractivity contribution in [2.24, 2.45) is 0 Å². The molecule has 0 radical (unpaired) electrons. The maximum absolute atomic E-state index is 11.5. The molecule has 104 valence electrons. The van der Waals surface area contributed by atoms with Crippen LogP contribution in [0.5, 0.6) is 0 Å². The quantitative estimate of drug-likeness (QED) is 0.855. The van der Waals surface area contributed by atoms with Crippen LogP contribution in [0.25, 0.3) is 0 Å². The first-order valence-electron chi connectivity index (χ1n) is 6.20. The number of benzene rings is 2. The zero-order valence-electron chi connectivity index (χ0n) is 10.9. The lowest BCUT2D eigenvalue weighted by Crippen LogP contribution is -2.14. The molecule has 0 aromatic heterocycles. The third-order valence-corrected chi connectivity index (χ3v) is 4.03. The Morgan fingerprint density at radius 2 is 2.05 bits per heavy atom. The van der Waals surface area contributed by atoms with Crippen molar-refractivity contribution in [2.45, 2.75) is 19.3 Å². The smallest absolute Gasteiger partial charge is 0.311 e. The molecule has 0 fully saturated rings. The van der Waals surface area contributed by atoms with Crippen molar-refractivity contribution < 1.29 is 9.90 Å². The Hall–Kier alpha value is -1.32. The molecule has 2 rings (SSSR count). The van der Waals surface area contributed by atoms with Gasteiger partial charge in [0.1, 0.15) is 0 Å². The topological polar surface area (TPSA) is 37.3 Å². The summed E-state index contributed by atoms with van der Waals surface area (Å²) in [6, 6.07) is 13.1. The highest BCUT2D eigenvalue weighted by Gasteiger charge is 2.21. The van der Waals surface area contributed by atoms with Gasteiger partial charge in [0, 0.05) is 9.50 Å². The Balaban J connectivity index is 2.33. The maximum atomic E-state index is 11.5. The fraction of sp³-hybridized carbons (Fsp3) is 0.188. The van der Waals surface area contributed by atoms with Crippen molar-refractivity contribution in [1.29, 1.82) is 0 Å². The summed E-state index contributed by atoms with van der Waals surface area (Å²) in [5, 5.41) is 10.1. The minimum absolute atomic E-state index is 0.380. The normalized spacial score (nSPS) is 12.2. The first kappa shape index (κ1) is 15.1. The molecule has 2 aromatic carbocycles. The van der Waals surface area contributed by atoms with Crippen molar-refractivity contribution in [1.82, 2.24) is 0 Å². The number of carbonyl (C=O) groups is 1. The van der Waals surface area contributed by atoms with E-state index in [4.69, 9.17) is 11.6 Å². The van der Waals surface area contributed by atoms with Crippen molar-refractivity contribution in [3.05, 3.63) is 68.7 Å². The van der Waals surface area contributed by atoms with Crippen LogP contribution in [-0.4, -0.2) is 11.1 Å². The second-order valence-electron chi connectivity index (χ2n) is 4.74. The molecule has 2 nitrogen and oxygen atoms in total. The van der Waals surface area contributed by atoms with Crippen LogP contribution in [0.1, 0.15) is 22.6 Å². The minimum Gasteiger partial charge on any atom is -0.481 e. The first-order valence-corrected chi connectivity index (χ1v) is 7.38. The van der Waals surface area contributed by atoms with Gasteiger partial charge < -0.3 is 5.11 Å². The fourth-order valence-electron chi connectivity index (χ4n) is 2.14. The zero-order valence-corrected chi connectivity index (χ0v) is 13.3. The summed E-state index contributed by atoms with van der Waals surface area (Å²) in [6.07, 6.45) is 0.380. The molecule has 0 spiro atoms. The predicted octanol–water partition coefficient (Wildman–Crippen LogP) is 4.82. The highest BCUT2D eigenvalue weighted by molar-refractivity contribution is 9.10. The summed E-state index contributed by atoms with van der Waals surface area (Å²) in [5.41, 5.74) is 2.69. The molecule has 0 aliphatic rings. The van der Waals surface area contributed by atoms with E-state index in [0.717, 1.165) is 21.2 Å². The van der Waals surface area contributed by atoms with Gasteiger partial charge in [-0.1, -0.05) is 63.4 Å². The van der Waals surface area contributed by atoms with E-state index >= 15 is 0 Å². The fourth-order valence-corrected chi connectivity index (χ4v) is 2.89. The van der Waals surface area contributed by atoms with Crippen LogP contribution in [0.4, 0.5) is 0 Å². The largest absolute Gasteiger partial charge is 0.481 e. The summed E-state index contributed by atoms with van der Waals surface area (Å²) in [5.74, 6) is -1.43. The van der Waals surface area contributed by atoms with Crippen LogP contribution >= 0.6 is 27.5 Å². The molecule has 0 aliphatic heterocycles. The Bertz CT molecular complexity index is 640. The molecular weight excluding hydrogens is 340 g/mol. The minimum atomic E-state index is -0.838. The average molecular weight is 354 g/mol. The highest BCUT2D eigenvalue weighted by atomic mass is 79.9. The Morgan fingerprint density at radius 1 is 1.30 bits per heavy atom. The van der Waals surface area contributed by atoms with E-state index in [0.29, 0.717) is 11.4 Å². The van der Waals surface area contributed by atoms with E-state index in [2.05, 4.69) is 15.9 Å². The van der Waals surface area contributed by atoms with E-state index in [1.165, 1.54) is 0 Å². The number of halogens is 2. The standard InChI is InChI=1S/C16H14BrClO2/c1-10-3-2-4-11(7-10)14(16(19)20)8-12-5-6-13(17)9-15(12)18/h2-7,9,14H,8H2,1H3,(H,19,20). The molecule has 0 amide bonds. The van der Waals surface area contributed by atoms with Crippen LogP contribution < -0.4 is 0 Å². The molecule has 0 saturated carbocycles. The molecule has 0 heterocycles. The van der Waals surface area contributed by atoms with Crippen LogP contribution in [-0.2, 0) is 11.2 Å². The van der Waals surface area contributed by atoms with Gasteiger partial charge in [-0.3, -0.25) is 4.79 Å². The summed E-state index contributed by atoms with van der Waals surface area (Å²) < 4.78 is 0.883. The maximum Gasteiger partial charge on any atom is 0.311 e. The second kappa shape index (κ2) is 6.42. The molecule has 20 heavy (non-hydrogen) atoms. The van der Waals surface area contributed by atoms with Crippen molar-refractivity contribution in [3.63, 3.8) is 0 Å². The lowest BCUT2D eigenvalue weighted by Gasteiger charge is -2.14. The predicted molar refractivity (Wildman–Crippen MR) is 84.4 cm³/mol. The number of hydrogen-bond acceptors (Lipinski definition) is 1. The molecule has 0 bridgehead atoms. The highest BCUT2D eigenvalue weighted by Crippen LogP contribution is 2.28.